The molecule has 1 N–H and O–H groups in total. The molecule has 1 aliphatic carbocycles. The highest BCUT2D eigenvalue weighted by atomic mass is 19.1. The summed E-state index contributed by atoms with van der Waals surface area (Å²) in [5, 5.41) is 3.41. The fourth-order valence-corrected chi connectivity index (χ4v) is 1.81. The molecule has 0 bridgehead atoms. The molecular weight excluding hydrogens is 181 g/mol. The van der Waals surface area contributed by atoms with Gasteiger partial charge in [-0.1, -0.05) is 0 Å². The summed E-state index contributed by atoms with van der Waals surface area (Å²) >= 11 is 0. The van der Waals surface area contributed by atoms with Crippen LogP contribution in [0.3, 0.4) is 0 Å². The second-order valence-electron chi connectivity index (χ2n) is 4.32. The molecule has 1 aliphatic rings. The van der Waals surface area contributed by atoms with Crippen LogP contribution in [0.1, 0.15) is 39.5 Å². The molecule has 0 aromatic carbocycles. The van der Waals surface area contributed by atoms with E-state index in [2.05, 4.69) is 5.32 Å². The van der Waals surface area contributed by atoms with Gasteiger partial charge in [-0.25, -0.2) is 4.39 Å². The summed E-state index contributed by atoms with van der Waals surface area (Å²) in [4.78, 5) is 0. The first-order chi connectivity index (χ1) is 6.68. The molecule has 1 rings (SSSR count). The molecule has 2 nitrogen and oxygen atoms in total. The molecule has 1 saturated carbocycles. The quantitative estimate of drug-likeness (QED) is 0.692. The Morgan fingerprint density at radius 3 is 2.50 bits per heavy atom. The largest absolute Gasteiger partial charge is 0.377 e. The predicted molar refractivity (Wildman–Crippen MR) is 56.2 cm³/mol. The first-order valence-electron chi connectivity index (χ1n) is 5.67. The van der Waals surface area contributed by atoms with Crippen LogP contribution in [-0.2, 0) is 4.74 Å². The second-order valence-corrected chi connectivity index (χ2v) is 4.32. The number of halogens is 1. The summed E-state index contributed by atoms with van der Waals surface area (Å²) < 4.78 is 18.2. The van der Waals surface area contributed by atoms with E-state index in [-0.39, 0.29) is 0 Å². The van der Waals surface area contributed by atoms with E-state index >= 15 is 0 Å². The number of hydrogen-bond donors (Lipinski definition) is 1. The second kappa shape index (κ2) is 6.36. The van der Waals surface area contributed by atoms with E-state index in [1.165, 1.54) is 0 Å². The minimum absolute atomic E-state index is 0.304. The van der Waals surface area contributed by atoms with E-state index in [4.69, 9.17) is 4.74 Å². The van der Waals surface area contributed by atoms with Gasteiger partial charge in [0.2, 0.25) is 0 Å². The van der Waals surface area contributed by atoms with Crippen molar-refractivity contribution in [2.24, 2.45) is 0 Å². The summed E-state index contributed by atoms with van der Waals surface area (Å²) in [5.41, 5.74) is 0. The third-order valence-electron chi connectivity index (χ3n) is 2.64. The molecule has 3 heteroatoms. The Morgan fingerprint density at radius 2 is 1.93 bits per heavy atom. The molecule has 0 heterocycles. The highest BCUT2D eigenvalue weighted by Gasteiger charge is 2.19. The van der Waals surface area contributed by atoms with Crippen molar-refractivity contribution in [2.45, 2.75) is 57.8 Å². The van der Waals surface area contributed by atoms with Gasteiger partial charge in [-0.15, -0.1) is 0 Å². The number of rotatable bonds is 5. The zero-order chi connectivity index (χ0) is 10.4. The van der Waals surface area contributed by atoms with Crippen LogP contribution < -0.4 is 5.32 Å². The predicted octanol–water partition coefficient (Wildman–Crippen LogP) is 2.28. The lowest BCUT2D eigenvalue weighted by Crippen LogP contribution is -2.36. The van der Waals surface area contributed by atoms with Crippen molar-refractivity contribution in [1.29, 1.82) is 0 Å². The normalized spacial score (nSPS) is 28.3. The maximum atomic E-state index is 12.8. The standard InChI is InChI=1S/C11H22FNO/c1-9(2)14-8-7-13-11-5-3-10(12)4-6-11/h9-11,13H,3-8H2,1-2H3. The molecule has 0 amide bonds. The SMILES string of the molecule is CC(C)OCCNC1CCC(F)CC1. The van der Waals surface area contributed by atoms with Crippen LogP contribution in [-0.4, -0.2) is 31.5 Å². The van der Waals surface area contributed by atoms with Gasteiger partial charge in [-0.05, 0) is 39.5 Å². The van der Waals surface area contributed by atoms with E-state index in [0.717, 1.165) is 38.8 Å². The third kappa shape index (κ3) is 4.91. The van der Waals surface area contributed by atoms with Gasteiger partial charge in [0, 0.05) is 12.6 Å². The molecule has 0 unspecified atom stereocenters. The first kappa shape index (κ1) is 11.9. The van der Waals surface area contributed by atoms with Crippen molar-refractivity contribution in [3.05, 3.63) is 0 Å². The van der Waals surface area contributed by atoms with E-state index in [1.807, 2.05) is 13.8 Å². The zero-order valence-corrected chi connectivity index (χ0v) is 9.26. The Kier molecular flexibility index (Phi) is 5.41. The van der Waals surface area contributed by atoms with Crippen molar-refractivity contribution in [2.75, 3.05) is 13.2 Å². The maximum Gasteiger partial charge on any atom is 0.100 e. The fourth-order valence-electron chi connectivity index (χ4n) is 1.81. The molecule has 0 radical (unpaired) electrons. The van der Waals surface area contributed by atoms with Crippen molar-refractivity contribution in [3.8, 4) is 0 Å². The van der Waals surface area contributed by atoms with Crippen molar-refractivity contribution in [3.63, 3.8) is 0 Å². The molecule has 0 saturated heterocycles. The molecule has 0 spiro atoms. The minimum Gasteiger partial charge on any atom is -0.377 e. The topological polar surface area (TPSA) is 21.3 Å². The van der Waals surface area contributed by atoms with E-state index in [1.54, 1.807) is 0 Å². The highest BCUT2D eigenvalue weighted by Crippen LogP contribution is 2.20. The molecule has 84 valence electrons. The lowest BCUT2D eigenvalue weighted by Gasteiger charge is -2.25. The summed E-state index contributed by atoms with van der Waals surface area (Å²) in [5.74, 6) is 0. The van der Waals surface area contributed by atoms with Crippen LogP contribution in [0, 0.1) is 0 Å². The monoisotopic (exact) mass is 203 g/mol. The van der Waals surface area contributed by atoms with Gasteiger partial charge in [0.05, 0.1) is 12.7 Å². The number of nitrogens with one attached hydrogen (secondary N) is 1. The van der Waals surface area contributed by atoms with Crippen LogP contribution in [0.25, 0.3) is 0 Å². The summed E-state index contributed by atoms with van der Waals surface area (Å²) in [6, 6.07) is 0.512. The summed E-state index contributed by atoms with van der Waals surface area (Å²) in [7, 11) is 0. The van der Waals surface area contributed by atoms with Crippen molar-refractivity contribution in [1.82, 2.24) is 5.32 Å². The van der Waals surface area contributed by atoms with Crippen LogP contribution in [0.15, 0.2) is 0 Å². The number of hydrogen-bond acceptors (Lipinski definition) is 2. The van der Waals surface area contributed by atoms with Crippen LogP contribution in [0.2, 0.25) is 0 Å². The summed E-state index contributed by atoms with van der Waals surface area (Å²) in [6.07, 6.45) is 3.15. The maximum absolute atomic E-state index is 12.8. The van der Waals surface area contributed by atoms with Crippen LogP contribution >= 0.6 is 0 Å². The first-order valence-corrected chi connectivity index (χ1v) is 5.67. The summed E-state index contributed by atoms with van der Waals surface area (Å²) in [6.45, 7) is 5.72. The van der Waals surface area contributed by atoms with E-state index in [0.29, 0.717) is 12.1 Å². The van der Waals surface area contributed by atoms with E-state index < -0.39 is 6.17 Å². The lowest BCUT2D eigenvalue weighted by molar-refractivity contribution is 0.0776. The van der Waals surface area contributed by atoms with Gasteiger partial charge >= 0.3 is 0 Å². The van der Waals surface area contributed by atoms with Gasteiger partial charge in [0.1, 0.15) is 6.17 Å². The molecule has 1 fully saturated rings. The molecule has 14 heavy (non-hydrogen) atoms. The molecule has 0 aliphatic heterocycles. The van der Waals surface area contributed by atoms with Gasteiger partial charge in [-0.2, -0.15) is 0 Å². The van der Waals surface area contributed by atoms with Crippen LogP contribution in [0.4, 0.5) is 4.39 Å². The number of alkyl halides is 1. The Morgan fingerprint density at radius 1 is 1.29 bits per heavy atom. The highest BCUT2D eigenvalue weighted by molar-refractivity contribution is 4.76. The van der Waals surface area contributed by atoms with E-state index in [9.17, 15) is 4.39 Å². The van der Waals surface area contributed by atoms with Crippen LogP contribution in [0.5, 0.6) is 0 Å². The Balaban J connectivity index is 1.96. The van der Waals surface area contributed by atoms with Gasteiger partial charge in [0.15, 0.2) is 0 Å². The lowest BCUT2D eigenvalue weighted by atomic mass is 9.94. The molecule has 0 aromatic heterocycles. The zero-order valence-electron chi connectivity index (χ0n) is 9.26. The average Bonchev–Trinajstić information content (AvgIpc) is 2.15. The Bertz CT molecular complexity index is 144. The minimum atomic E-state index is -0.556. The molecular formula is C11H22FNO. The van der Waals surface area contributed by atoms with Gasteiger partial charge in [0.25, 0.3) is 0 Å². The Hall–Kier alpha value is -0.150. The van der Waals surface area contributed by atoms with Gasteiger partial charge < -0.3 is 10.1 Å². The van der Waals surface area contributed by atoms with Crippen molar-refractivity contribution >= 4 is 0 Å². The van der Waals surface area contributed by atoms with Gasteiger partial charge in [-0.3, -0.25) is 0 Å². The third-order valence-corrected chi connectivity index (χ3v) is 2.64. The number of ether oxygens (including phenoxy) is 1. The van der Waals surface area contributed by atoms with Crippen molar-refractivity contribution < 1.29 is 9.13 Å². The smallest absolute Gasteiger partial charge is 0.100 e. The fraction of sp³-hybridized carbons (Fsp3) is 1.00. The molecule has 0 aromatic rings. The average molecular weight is 203 g/mol. The Labute approximate surface area is 86.2 Å². The molecule has 0 atom stereocenters.